The molecule has 3 fully saturated rings. The van der Waals surface area contributed by atoms with Crippen LogP contribution in [0.4, 0.5) is 4.39 Å². The third kappa shape index (κ3) is 7.10. The van der Waals surface area contributed by atoms with Crippen LogP contribution in [-0.2, 0) is 4.79 Å². The van der Waals surface area contributed by atoms with Gasteiger partial charge < -0.3 is 15.3 Å². The minimum atomic E-state index is -0.303. The highest BCUT2D eigenvalue weighted by Gasteiger charge is 2.29. The summed E-state index contributed by atoms with van der Waals surface area (Å²) in [5.74, 6) is 1.14. The van der Waals surface area contributed by atoms with Crippen LogP contribution >= 0.6 is 0 Å². The molecule has 1 saturated heterocycles. The molecule has 6 heteroatoms. The maximum atomic E-state index is 13.1. The Hall–Kier alpha value is -1.79. The van der Waals surface area contributed by atoms with Crippen LogP contribution in [0.3, 0.4) is 0 Å². The molecular weight excluding hydrogens is 419 g/mol. The maximum Gasteiger partial charge on any atom is 0.220 e. The first-order chi connectivity index (χ1) is 16.0. The van der Waals surface area contributed by atoms with Crippen LogP contribution in [0.5, 0.6) is 0 Å². The molecule has 5 nitrogen and oxygen atoms in total. The van der Waals surface area contributed by atoms with Gasteiger partial charge in [0.25, 0.3) is 0 Å². The van der Waals surface area contributed by atoms with E-state index < -0.39 is 0 Å². The van der Waals surface area contributed by atoms with E-state index in [0.29, 0.717) is 23.9 Å². The second-order valence-corrected chi connectivity index (χ2v) is 10.6. The molecule has 2 atom stereocenters. The SMILES string of the molecule is O=C(C[C@H]1CC[C@@H](O)C1)N[C@H]1CC[C@H](CCN2CCC(C(=O)c3ccc(F)cc3)CC2)CC1. The number of carbonyl (C=O) groups is 2. The predicted octanol–water partition coefficient (Wildman–Crippen LogP) is 4.34. The van der Waals surface area contributed by atoms with Crippen molar-refractivity contribution in [2.45, 2.75) is 82.8 Å². The Morgan fingerprint density at radius 2 is 1.61 bits per heavy atom. The molecule has 0 spiro atoms. The number of aliphatic hydroxyl groups is 1. The molecule has 182 valence electrons. The molecule has 1 heterocycles. The number of nitrogens with one attached hydrogen (secondary N) is 1. The van der Waals surface area contributed by atoms with Gasteiger partial charge in [0.2, 0.25) is 5.91 Å². The van der Waals surface area contributed by atoms with Crippen molar-refractivity contribution >= 4 is 11.7 Å². The van der Waals surface area contributed by atoms with E-state index in [1.165, 1.54) is 31.4 Å². The zero-order chi connectivity index (χ0) is 23.2. The van der Waals surface area contributed by atoms with Crippen molar-refractivity contribution in [3.05, 3.63) is 35.6 Å². The Morgan fingerprint density at radius 1 is 0.939 bits per heavy atom. The number of ketones is 1. The molecule has 4 rings (SSSR count). The predicted molar refractivity (Wildman–Crippen MR) is 126 cm³/mol. The normalized spacial score (nSPS) is 29.2. The molecule has 1 amide bonds. The van der Waals surface area contributed by atoms with Gasteiger partial charge in [0, 0.05) is 23.9 Å². The van der Waals surface area contributed by atoms with Gasteiger partial charge >= 0.3 is 0 Å². The van der Waals surface area contributed by atoms with Gasteiger partial charge in [-0.2, -0.15) is 0 Å². The van der Waals surface area contributed by atoms with E-state index >= 15 is 0 Å². The van der Waals surface area contributed by atoms with E-state index in [1.807, 2.05) is 0 Å². The summed E-state index contributed by atoms with van der Waals surface area (Å²) in [6.07, 6.45) is 10.4. The van der Waals surface area contributed by atoms with Crippen molar-refractivity contribution in [1.82, 2.24) is 10.2 Å². The van der Waals surface area contributed by atoms with Crippen molar-refractivity contribution in [3.63, 3.8) is 0 Å². The Kier molecular flexibility index (Phi) is 8.53. The first kappa shape index (κ1) is 24.3. The average Bonchev–Trinajstić information content (AvgIpc) is 3.23. The molecule has 33 heavy (non-hydrogen) atoms. The van der Waals surface area contributed by atoms with Gasteiger partial charge in [0.05, 0.1) is 6.10 Å². The summed E-state index contributed by atoms with van der Waals surface area (Å²) in [4.78, 5) is 27.5. The summed E-state index contributed by atoms with van der Waals surface area (Å²) in [5.41, 5.74) is 0.625. The number of likely N-dealkylation sites (tertiary alicyclic amines) is 1. The summed E-state index contributed by atoms with van der Waals surface area (Å²) in [5, 5.41) is 12.9. The lowest BCUT2D eigenvalue weighted by molar-refractivity contribution is -0.123. The lowest BCUT2D eigenvalue weighted by Crippen LogP contribution is -2.39. The Bertz CT molecular complexity index is 783. The number of halogens is 1. The molecule has 1 aliphatic heterocycles. The molecule has 0 aromatic heterocycles. The molecule has 1 aromatic rings. The zero-order valence-electron chi connectivity index (χ0n) is 19.7. The highest BCUT2D eigenvalue weighted by molar-refractivity contribution is 5.97. The molecule has 2 N–H and O–H groups in total. The van der Waals surface area contributed by atoms with E-state index in [0.717, 1.165) is 70.5 Å². The number of carbonyl (C=O) groups excluding carboxylic acids is 2. The highest BCUT2D eigenvalue weighted by atomic mass is 19.1. The number of amides is 1. The molecule has 0 radical (unpaired) electrons. The highest BCUT2D eigenvalue weighted by Crippen LogP contribution is 2.30. The summed E-state index contributed by atoms with van der Waals surface area (Å²) in [6, 6.07) is 6.24. The molecule has 3 aliphatic rings. The standard InChI is InChI=1S/C27H39FN2O3/c28-23-6-4-21(5-7-23)27(33)22-12-15-30(16-13-22)14-11-19-1-8-24(9-2-19)29-26(32)18-20-3-10-25(31)17-20/h4-7,19-20,22,24-25,31H,1-3,8-18H2,(H,29,32)/t19-,20-,24-,25+/m0/s1. The number of aliphatic hydroxyl groups excluding tert-OH is 1. The molecular formula is C27H39FN2O3. The van der Waals surface area contributed by atoms with Gasteiger partial charge in [-0.05, 0) is 120 Å². The maximum absolute atomic E-state index is 13.1. The van der Waals surface area contributed by atoms with E-state index in [1.54, 1.807) is 12.1 Å². The van der Waals surface area contributed by atoms with Crippen molar-refractivity contribution < 1.29 is 19.1 Å². The van der Waals surface area contributed by atoms with Crippen LogP contribution in [0.1, 0.15) is 81.0 Å². The van der Waals surface area contributed by atoms with E-state index in [4.69, 9.17) is 0 Å². The zero-order valence-corrected chi connectivity index (χ0v) is 19.7. The number of Topliss-reactive ketones (excluding diaryl/α,β-unsaturated/α-hetero) is 1. The third-order valence-electron chi connectivity index (χ3n) is 8.14. The van der Waals surface area contributed by atoms with Crippen molar-refractivity contribution in [1.29, 1.82) is 0 Å². The lowest BCUT2D eigenvalue weighted by atomic mass is 9.83. The fourth-order valence-corrected chi connectivity index (χ4v) is 6.01. The van der Waals surface area contributed by atoms with Crippen molar-refractivity contribution in [2.75, 3.05) is 19.6 Å². The molecule has 2 aliphatic carbocycles. The minimum absolute atomic E-state index is 0.0539. The summed E-state index contributed by atoms with van der Waals surface area (Å²) < 4.78 is 13.1. The fourth-order valence-electron chi connectivity index (χ4n) is 6.01. The fraction of sp³-hybridized carbons (Fsp3) is 0.704. The van der Waals surface area contributed by atoms with Crippen LogP contribution < -0.4 is 5.32 Å². The van der Waals surface area contributed by atoms with E-state index in [9.17, 15) is 19.1 Å². The Labute approximate surface area is 197 Å². The molecule has 0 unspecified atom stereocenters. The smallest absolute Gasteiger partial charge is 0.220 e. The summed E-state index contributed by atoms with van der Waals surface area (Å²) in [6.45, 7) is 3.00. The van der Waals surface area contributed by atoms with Crippen molar-refractivity contribution in [3.8, 4) is 0 Å². The van der Waals surface area contributed by atoms with Gasteiger partial charge in [-0.15, -0.1) is 0 Å². The second-order valence-electron chi connectivity index (χ2n) is 10.6. The van der Waals surface area contributed by atoms with Crippen LogP contribution in [0.15, 0.2) is 24.3 Å². The number of piperidine rings is 1. The first-order valence-electron chi connectivity index (χ1n) is 13.0. The molecule has 1 aromatic carbocycles. The van der Waals surface area contributed by atoms with Gasteiger partial charge in [-0.3, -0.25) is 9.59 Å². The molecule has 0 bridgehead atoms. The minimum Gasteiger partial charge on any atom is -0.393 e. The number of benzene rings is 1. The monoisotopic (exact) mass is 458 g/mol. The Morgan fingerprint density at radius 3 is 2.24 bits per heavy atom. The van der Waals surface area contributed by atoms with Crippen molar-refractivity contribution in [2.24, 2.45) is 17.8 Å². The molecule has 2 saturated carbocycles. The number of hydrogen-bond acceptors (Lipinski definition) is 4. The van der Waals surface area contributed by atoms with Gasteiger partial charge in [-0.1, -0.05) is 0 Å². The van der Waals surface area contributed by atoms with E-state index in [-0.39, 0.29) is 29.5 Å². The number of rotatable bonds is 8. The summed E-state index contributed by atoms with van der Waals surface area (Å²) in [7, 11) is 0. The first-order valence-corrected chi connectivity index (χ1v) is 13.0. The topological polar surface area (TPSA) is 69.6 Å². The van der Waals surface area contributed by atoms with Gasteiger partial charge in [0.1, 0.15) is 5.82 Å². The van der Waals surface area contributed by atoms with Gasteiger partial charge in [-0.25, -0.2) is 4.39 Å². The third-order valence-corrected chi connectivity index (χ3v) is 8.14. The van der Waals surface area contributed by atoms with Gasteiger partial charge in [0.15, 0.2) is 5.78 Å². The Balaban J connectivity index is 1.09. The average molecular weight is 459 g/mol. The summed E-state index contributed by atoms with van der Waals surface area (Å²) >= 11 is 0. The number of hydrogen-bond donors (Lipinski definition) is 2. The largest absolute Gasteiger partial charge is 0.393 e. The van der Waals surface area contributed by atoms with Crippen LogP contribution in [0.25, 0.3) is 0 Å². The van der Waals surface area contributed by atoms with Crippen LogP contribution in [-0.4, -0.2) is 53.5 Å². The van der Waals surface area contributed by atoms with Crippen LogP contribution in [0, 0.1) is 23.6 Å². The lowest BCUT2D eigenvalue weighted by Gasteiger charge is -2.34. The second kappa shape index (κ2) is 11.6. The number of nitrogens with zero attached hydrogens (tertiary/aromatic N) is 1. The van der Waals surface area contributed by atoms with Crippen LogP contribution in [0.2, 0.25) is 0 Å². The quantitative estimate of drug-likeness (QED) is 0.569. The van der Waals surface area contributed by atoms with E-state index in [2.05, 4.69) is 10.2 Å².